The lowest BCUT2D eigenvalue weighted by Crippen LogP contribution is -2.38. The Bertz CT molecular complexity index is 975. The molecule has 2 atom stereocenters. The number of hydrogen-bond donors (Lipinski definition) is 2. The molecule has 0 aromatic heterocycles. The summed E-state index contributed by atoms with van der Waals surface area (Å²) in [6.07, 6.45) is 0. The van der Waals surface area contributed by atoms with Crippen molar-refractivity contribution < 1.29 is 24.2 Å². The van der Waals surface area contributed by atoms with Gasteiger partial charge in [-0.15, -0.1) is 0 Å². The summed E-state index contributed by atoms with van der Waals surface area (Å²) in [5.41, 5.74) is 6.98. The van der Waals surface area contributed by atoms with E-state index >= 15 is 0 Å². The highest BCUT2D eigenvalue weighted by atomic mass is 35.5. The molecular weight excluding hydrogens is 419 g/mol. The van der Waals surface area contributed by atoms with Crippen LogP contribution in [-0.4, -0.2) is 35.4 Å². The molecular formula is C20H18Cl2N2O5. The van der Waals surface area contributed by atoms with Crippen LogP contribution in [0.25, 0.3) is 0 Å². The molecule has 2 aromatic rings. The van der Waals surface area contributed by atoms with Gasteiger partial charge in [-0.25, -0.2) is 4.79 Å². The van der Waals surface area contributed by atoms with Crippen molar-refractivity contribution in [3.8, 4) is 5.75 Å². The molecule has 0 fully saturated rings. The number of carboxylic acids is 1. The lowest BCUT2D eigenvalue weighted by atomic mass is 9.90. The smallest absolute Gasteiger partial charge is 0.341 e. The molecule has 2 aromatic carbocycles. The van der Waals surface area contributed by atoms with Crippen LogP contribution >= 0.6 is 23.2 Å². The van der Waals surface area contributed by atoms with Crippen LogP contribution in [0.1, 0.15) is 24.0 Å². The summed E-state index contributed by atoms with van der Waals surface area (Å²) in [6, 6.07) is 9.69. The number of carbonyl (C=O) groups is 3. The van der Waals surface area contributed by atoms with Crippen LogP contribution in [0.15, 0.2) is 36.4 Å². The van der Waals surface area contributed by atoms with Crippen molar-refractivity contribution in [1.82, 2.24) is 0 Å². The van der Waals surface area contributed by atoms with E-state index in [1.54, 1.807) is 43.3 Å². The van der Waals surface area contributed by atoms with Crippen LogP contribution in [0, 0.1) is 0 Å². The predicted octanol–water partition coefficient (Wildman–Crippen LogP) is 3.00. The standard InChI is InChI=1S/C20H18Cl2N2O5/c1-10-17(19(27)20(23)28)18-14(6-3-7-15(18)29-9-16(25)26)24(10)8-11-12(21)4-2-5-13(11)22/h2-7,10,17H,8-9H2,1H3,(H2,23,28)(H,25,26). The number of carboxylic acid groups (broad SMARTS) is 1. The van der Waals surface area contributed by atoms with Gasteiger partial charge in [0.2, 0.25) is 5.78 Å². The normalized spacial score (nSPS) is 17.7. The second kappa shape index (κ2) is 8.31. The first-order chi connectivity index (χ1) is 13.7. The zero-order valence-electron chi connectivity index (χ0n) is 15.4. The Morgan fingerprint density at radius 1 is 1.14 bits per heavy atom. The number of halogens is 2. The molecule has 152 valence electrons. The molecule has 7 nitrogen and oxygen atoms in total. The largest absolute Gasteiger partial charge is 0.482 e. The zero-order valence-corrected chi connectivity index (χ0v) is 16.9. The van der Waals surface area contributed by atoms with Gasteiger partial charge in [-0.3, -0.25) is 9.59 Å². The Morgan fingerprint density at radius 2 is 1.76 bits per heavy atom. The molecule has 29 heavy (non-hydrogen) atoms. The maximum Gasteiger partial charge on any atom is 0.341 e. The van der Waals surface area contributed by atoms with Gasteiger partial charge in [0.25, 0.3) is 5.91 Å². The van der Waals surface area contributed by atoms with Gasteiger partial charge in [-0.2, -0.15) is 0 Å². The molecule has 0 saturated carbocycles. The summed E-state index contributed by atoms with van der Waals surface area (Å²) in [6.45, 7) is 1.47. The first kappa shape index (κ1) is 21.0. The number of ether oxygens (including phenoxy) is 1. The van der Waals surface area contributed by atoms with Gasteiger partial charge in [0.1, 0.15) is 5.75 Å². The first-order valence-electron chi connectivity index (χ1n) is 8.73. The molecule has 1 aliphatic rings. The van der Waals surface area contributed by atoms with E-state index in [1.165, 1.54) is 0 Å². The lowest BCUT2D eigenvalue weighted by Gasteiger charge is -2.27. The molecule has 2 unspecified atom stereocenters. The minimum atomic E-state index is -1.16. The maximum atomic E-state index is 12.6. The van der Waals surface area contributed by atoms with E-state index in [0.717, 1.165) is 0 Å². The van der Waals surface area contributed by atoms with Gasteiger partial charge in [-0.1, -0.05) is 35.3 Å². The Morgan fingerprint density at radius 3 is 2.34 bits per heavy atom. The molecule has 3 N–H and O–H groups in total. The van der Waals surface area contributed by atoms with Gasteiger partial charge < -0.3 is 20.5 Å². The number of ketones is 1. The van der Waals surface area contributed by atoms with Crippen LogP contribution in [0.5, 0.6) is 5.75 Å². The van der Waals surface area contributed by atoms with Gasteiger partial charge in [0.15, 0.2) is 6.61 Å². The number of nitrogens with two attached hydrogens (primary N) is 1. The van der Waals surface area contributed by atoms with Gasteiger partial charge in [0.05, 0.1) is 5.92 Å². The average Bonchev–Trinajstić information content (AvgIpc) is 2.94. The Labute approximate surface area is 177 Å². The Hall–Kier alpha value is -2.77. The Kier molecular flexibility index (Phi) is 6.00. The molecule has 0 radical (unpaired) electrons. The van der Waals surface area contributed by atoms with Crippen molar-refractivity contribution in [2.75, 3.05) is 11.5 Å². The molecule has 0 spiro atoms. The SMILES string of the molecule is CC1C(C(=O)C(N)=O)c2c(OCC(=O)O)cccc2N1Cc1c(Cl)cccc1Cl. The second-order valence-corrected chi connectivity index (χ2v) is 7.46. The molecule has 3 rings (SSSR count). The van der Waals surface area contributed by atoms with E-state index in [4.69, 9.17) is 38.8 Å². The van der Waals surface area contributed by atoms with Crippen molar-refractivity contribution in [1.29, 1.82) is 0 Å². The summed E-state index contributed by atoms with van der Waals surface area (Å²) in [4.78, 5) is 37.1. The number of anilines is 1. The molecule has 9 heteroatoms. The minimum absolute atomic E-state index is 0.212. The van der Waals surface area contributed by atoms with Crippen molar-refractivity contribution in [3.63, 3.8) is 0 Å². The van der Waals surface area contributed by atoms with Crippen LogP contribution in [-0.2, 0) is 20.9 Å². The number of carbonyl (C=O) groups excluding carboxylic acids is 2. The van der Waals surface area contributed by atoms with Crippen molar-refractivity contribution >= 4 is 46.5 Å². The van der Waals surface area contributed by atoms with Crippen LogP contribution in [0.3, 0.4) is 0 Å². The van der Waals surface area contributed by atoms with Crippen molar-refractivity contribution in [2.24, 2.45) is 5.73 Å². The average molecular weight is 437 g/mol. The number of primary amides is 1. The van der Waals surface area contributed by atoms with E-state index in [2.05, 4.69) is 0 Å². The van der Waals surface area contributed by atoms with E-state index in [9.17, 15) is 14.4 Å². The first-order valence-corrected chi connectivity index (χ1v) is 9.48. The highest BCUT2D eigenvalue weighted by molar-refractivity contribution is 6.38. The summed E-state index contributed by atoms with van der Waals surface area (Å²) in [5.74, 6) is -3.71. The minimum Gasteiger partial charge on any atom is -0.482 e. The maximum absolute atomic E-state index is 12.6. The van der Waals surface area contributed by atoms with Gasteiger partial charge in [-0.05, 0) is 31.2 Å². The molecule has 1 aliphatic heterocycles. The zero-order chi connectivity index (χ0) is 21.3. The van der Waals surface area contributed by atoms with Gasteiger partial charge >= 0.3 is 5.97 Å². The van der Waals surface area contributed by atoms with Crippen LogP contribution < -0.4 is 15.4 Å². The van der Waals surface area contributed by atoms with Gasteiger partial charge in [0, 0.05) is 39.4 Å². The third kappa shape index (κ3) is 4.02. The number of nitrogens with zero attached hydrogens (tertiary/aromatic N) is 1. The third-order valence-corrected chi connectivity index (χ3v) is 5.61. The highest BCUT2D eigenvalue weighted by Gasteiger charge is 2.44. The van der Waals surface area contributed by atoms with E-state index < -0.39 is 36.2 Å². The number of Topliss-reactive ketones (excluding diaryl/α,β-unsaturated/α-hetero) is 1. The molecule has 0 saturated heterocycles. The number of rotatable bonds is 7. The summed E-state index contributed by atoms with van der Waals surface area (Å²) in [7, 11) is 0. The van der Waals surface area contributed by atoms with Crippen molar-refractivity contribution in [2.45, 2.75) is 25.4 Å². The van der Waals surface area contributed by atoms with E-state index in [-0.39, 0.29) is 12.3 Å². The fraction of sp³-hybridized carbons (Fsp3) is 0.250. The predicted molar refractivity (Wildman–Crippen MR) is 109 cm³/mol. The van der Waals surface area contributed by atoms with Crippen molar-refractivity contribution in [3.05, 3.63) is 57.6 Å². The van der Waals surface area contributed by atoms with E-state index in [1.807, 2.05) is 4.90 Å². The summed E-state index contributed by atoms with van der Waals surface area (Å²) < 4.78 is 5.38. The quantitative estimate of drug-likeness (QED) is 0.645. The molecule has 0 aliphatic carbocycles. The fourth-order valence-corrected chi connectivity index (χ4v) is 4.10. The fourth-order valence-electron chi connectivity index (χ4n) is 3.59. The monoisotopic (exact) mass is 436 g/mol. The second-order valence-electron chi connectivity index (χ2n) is 6.65. The third-order valence-electron chi connectivity index (χ3n) is 4.90. The lowest BCUT2D eigenvalue weighted by molar-refractivity contribution is -0.139. The molecule has 1 amide bonds. The number of fused-ring (bicyclic) bond motifs is 1. The topological polar surface area (TPSA) is 110 Å². The van der Waals surface area contributed by atoms with E-state index in [0.29, 0.717) is 26.9 Å². The van der Waals surface area contributed by atoms with Crippen LogP contribution in [0.4, 0.5) is 5.69 Å². The summed E-state index contributed by atoms with van der Waals surface area (Å²) in [5, 5.41) is 9.87. The van der Waals surface area contributed by atoms with Crippen LogP contribution in [0.2, 0.25) is 10.0 Å². The highest BCUT2D eigenvalue weighted by Crippen LogP contribution is 2.47. The number of aliphatic carboxylic acids is 1. The summed E-state index contributed by atoms with van der Waals surface area (Å²) >= 11 is 12.6. The number of hydrogen-bond acceptors (Lipinski definition) is 5. The number of benzene rings is 2. The Balaban J connectivity index is 2.09. The molecule has 1 heterocycles. The number of amides is 1. The molecule has 0 bridgehead atoms.